The molecule has 1 aliphatic rings. The minimum absolute atomic E-state index is 0.591. The summed E-state index contributed by atoms with van der Waals surface area (Å²) in [5.41, 5.74) is -0.591. The summed E-state index contributed by atoms with van der Waals surface area (Å²) in [4.78, 5) is 2.01. The Morgan fingerprint density at radius 3 is 2.50 bits per heavy atom. The van der Waals surface area contributed by atoms with E-state index in [1.54, 1.807) is 0 Å². The van der Waals surface area contributed by atoms with E-state index in [2.05, 4.69) is 5.32 Å². The van der Waals surface area contributed by atoms with Gasteiger partial charge in [0, 0.05) is 19.1 Å². The molecule has 0 heterocycles. The molecule has 1 atom stereocenters. The first kappa shape index (κ1) is 9.96. The van der Waals surface area contributed by atoms with Gasteiger partial charge in [0.05, 0.1) is 5.60 Å². The Morgan fingerprint density at radius 2 is 2.08 bits per heavy atom. The van der Waals surface area contributed by atoms with Crippen molar-refractivity contribution in [1.29, 1.82) is 0 Å². The number of hydrogen-bond acceptors (Lipinski definition) is 3. The molecule has 1 saturated carbocycles. The van der Waals surface area contributed by atoms with Gasteiger partial charge in [-0.05, 0) is 33.9 Å². The highest BCUT2D eigenvalue weighted by Gasteiger charge is 2.26. The van der Waals surface area contributed by atoms with Crippen molar-refractivity contribution in [2.24, 2.45) is 0 Å². The Kier molecular flexibility index (Phi) is 3.09. The number of likely N-dealkylation sites (N-methyl/N-ethyl adjacent to an activating group) is 1. The van der Waals surface area contributed by atoms with Crippen molar-refractivity contribution in [3.05, 3.63) is 0 Å². The van der Waals surface area contributed by atoms with Gasteiger partial charge in [0.1, 0.15) is 0 Å². The lowest BCUT2D eigenvalue weighted by atomic mass is 10.1. The maximum Gasteiger partial charge on any atom is 0.0869 e. The van der Waals surface area contributed by atoms with E-state index in [-0.39, 0.29) is 0 Å². The predicted molar refractivity (Wildman–Crippen MR) is 50.2 cm³/mol. The highest BCUT2D eigenvalue weighted by Crippen LogP contribution is 2.19. The highest BCUT2D eigenvalue weighted by molar-refractivity contribution is 4.86. The Hall–Kier alpha value is -0.120. The molecule has 0 spiro atoms. The van der Waals surface area contributed by atoms with Crippen LogP contribution in [0.4, 0.5) is 0 Å². The van der Waals surface area contributed by atoms with E-state index >= 15 is 0 Å². The number of rotatable bonds is 5. The summed E-state index contributed by atoms with van der Waals surface area (Å²) >= 11 is 0. The second-order valence-corrected chi connectivity index (χ2v) is 4.39. The van der Waals surface area contributed by atoms with Crippen molar-refractivity contribution in [2.45, 2.75) is 31.4 Å². The maximum atomic E-state index is 9.86. The van der Waals surface area contributed by atoms with Crippen molar-refractivity contribution in [1.82, 2.24) is 10.2 Å². The topological polar surface area (TPSA) is 35.5 Å². The monoisotopic (exact) mass is 172 g/mol. The van der Waals surface area contributed by atoms with Crippen molar-refractivity contribution < 1.29 is 5.11 Å². The molecule has 0 saturated heterocycles. The van der Waals surface area contributed by atoms with E-state index in [1.807, 2.05) is 25.9 Å². The van der Waals surface area contributed by atoms with Gasteiger partial charge in [-0.15, -0.1) is 0 Å². The Bertz CT molecular complexity index is 141. The van der Waals surface area contributed by atoms with Gasteiger partial charge in [-0.1, -0.05) is 0 Å². The lowest BCUT2D eigenvalue weighted by molar-refractivity contribution is 0.0335. The fraction of sp³-hybridized carbons (Fsp3) is 1.00. The summed E-state index contributed by atoms with van der Waals surface area (Å²) in [6, 6.07) is 0.679. The molecule has 2 N–H and O–H groups in total. The molecule has 0 aromatic rings. The number of aliphatic hydroxyl groups is 1. The average molecular weight is 172 g/mol. The van der Waals surface area contributed by atoms with Crippen LogP contribution in [0.2, 0.25) is 0 Å². The smallest absolute Gasteiger partial charge is 0.0869 e. The van der Waals surface area contributed by atoms with Gasteiger partial charge in [0.2, 0.25) is 0 Å². The van der Waals surface area contributed by atoms with Crippen LogP contribution in [0.15, 0.2) is 0 Å². The predicted octanol–water partition coefficient (Wildman–Crippen LogP) is 0.0510. The number of nitrogens with zero attached hydrogens (tertiary/aromatic N) is 1. The van der Waals surface area contributed by atoms with Crippen LogP contribution in [0, 0.1) is 0 Å². The summed E-state index contributed by atoms with van der Waals surface area (Å²) in [6.07, 6.45) is 2.55. The first-order valence-corrected chi connectivity index (χ1v) is 4.60. The fourth-order valence-corrected chi connectivity index (χ4v) is 1.39. The zero-order chi connectivity index (χ0) is 9.19. The molecule has 0 bridgehead atoms. The molecule has 1 fully saturated rings. The first-order valence-electron chi connectivity index (χ1n) is 4.60. The molecule has 72 valence electrons. The van der Waals surface area contributed by atoms with E-state index in [0.717, 1.165) is 0 Å². The van der Waals surface area contributed by atoms with E-state index in [0.29, 0.717) is 19.1 Å². The van der Waals surface area contributed by atoms with Crippen LogP contribution in [0.1, 0.15) is 19.8 Å². The molecule has 1 aliphatic carbocycles. The fourth-order valence-electron chi connectivity index (χ4n) is 1.39. The lowest BCUT2D eigenvalue weighted by Gasteiger charge is -2.27. The average Bonchev–Trinajstić information content (AvgIpc) is 2.62. The van der Waals surface area contributed by atoms with Crippen LogP contribution in [0.5, 0.6) is 0 Å². The van der Waals surface area contributed by atoms with Crippen molar-refractivity contribution in [2.75, 3.05) is 27.2 Å². The largest absolute Gasteiger partial charge is 0.388 e. The lowest BCUT2D eigenvalue weighted by Crippen LogP contribution is -2.46. The summed E-state index contributed by atoms with van der Waals surface area (Å²) in [7, 11) is 3.96. The SMILES string of the molecule is CN(C)CC(C)(O)CNC1CC1. The number of hydrogen-bond donors (Lipinski definition) is 2. The minimum atomic E-state index is -0.591. The Balaban J connectivity index is 2.16. The highest BCUT2D eigenvalue weighted by atomic mass is 16.3. The van der Waals surface area contributed by atoms with Gasteiger partial charge >= 0.3 is 0 Å². The van der Waals surface area contributed by atoms with Crippen molar-refractivity contribution >= 4 is 0 Å². The summed E-state index contributed by atoms with van der Waals surface area (Å²) < 4.78 is 0. The van der Waals surface area contributed by atoms with Crippen LogP contribution in [-0.4, -0.2) is 48.8 Å². The third-order valence-electron chi connectivity index (χ3n) is 2.01. The standard InChI is InChI=1S/C9H20N2O/c1-9(12,7-11(2)3)6-10-8-4-5-8/h8,10,12H,4-7H2,1-3H3. The molecule has 0 aromatic heterocycles. The van der Waals surface area contributed by atoms with E-state index < -0.39 is 5.60 Å². The molecular weight excluding hydrogens is 152 g/mol. The molecule has 1 rings (SSSR count). The molecule has 3 heteroatoms. The van der Waals surface area contributed by atoms with E-state index in [4.69, 9.17) is 0 Å². The zero-order valence-corrected chi connectivity index (χ0v) is 8.30. The molecule has 0 amide bonds. The van der Waals surface area contributed by atoms with Gasteiger partial charge in [-0.2, -0.15) is 0 Å². The van der Waals surface area contributed by atoms with Crippen LogP contribution in [0.25, 0.3) is 0 Å². The van der Waals surface area contributed by atoms with E-state index in [9.17, 15) is 5.11 Å². The van der Waals surface area contributed by atoms with Gasteiger partial charge in [-0.3, -0.25) is 0 Å². The Morgan fingerprint density at radius 1 is 1.50 bits per heavy atom. The maximum absolute atomic E-state index is 9.86. The van der Waals surface area contributed by atoms with Crippen LogP contribution in [0.3, 0.4) is 0 Å². The molecule has 3 nitrogen and oxygen atoms in total. The van der Waals surface area contributed by atoms with Crippen molar-refractivity contribution in [3.8, 4) is 0 Å². The second kappa shape index (κ2) is 3.73. The molecular formula is C9H20N2O. The van der Waals surface area contributed by atoms with Gasteiger partial charge in [0.25, 0.3) is 0 Å². The van der Waals surface area contributed by atoms with Gasteiger partial charge in [0.15, 0.2) is 0 Å². The van der Waals surface area contributed by atoms with Gasteiger partial charge in [-0.25, -0.2) is 0 Å². The van der Waals surface area contributed by atoms with Crippen molar-refractivity contribution in [3.63, 3.8) is 0 Å². The number of nitrogens with one attached hydrogen (secondary N) is 1. The summed E-state index contributed by atoms with van der Waals surface area (Å²) in [6.45, 7) is 3.30. The molecule has 0 aliphatic heterocycles. The van der Waals surface area contributed by atoms with Gasteiger partial charge < -0.3 is 15.3 Å². The molecule has 0 aromatic carbocycles. The normalized spacial score (nSPS) is 22.8. The molecule has 12 heavy (non-hydrogen) atoms. The summed E-state index contributed by atoms with van der Waals surface area (Å²) in [5.74, 6) is 0. The van der Waals surface area contributed by atoms with Crippen LogP contribution >= 0.6 is 0 Å². The summed E-state index contributed by atoms with van der Waals surface area (Å²) in [5, 5.41) is 13.2. The molecule has 0 radical (unpaired) electrons. The van der Waals surface area contributed by atoms with E-state index in [1.165, 1.54) is 12.8 Å². The minimum Gasteiger partial charge on any atom is -0.388 e. The second-order valence-electron chi connectivity index (χ2n) is 4.39. The Labute approximate surface area is 74.8 Å². The zero-order valence-electron chi connectivity index (χ0n) is 8.30. The third-order valence-corrected chi connectivity index (χ3v) is 2.01. The third kappa shape index (κ3) is 4.04. The molecule has 1 unspecified atom stereocenters. The first-order chi connectivity index (χ1) is 5.49. The van der Waals surface area contributed by atoms with Crippen LogP contribution in [-0.2, 0) is 0 Å². The quantitative estimate of drug-likeness (QED) is 0.615. The van der Waals surface area contributed by atoms with Crippen LogP contribution < -0.4 is 5.32 Å².